The molecule has 39 heavy (non-hydrogen) atoms. The molecule has 0 saturated heterocycles. The van der Waals surface area contributed by atoms with E-state index in [0.29, 0.717) is 23.4 Å². The van der Waals surface area contributed by atoms with E-state index in [9.17, 15) is 9.59 Å². The van der Waals surface area contributed by atoms with Crippen LogP contribution in [0.5, 0.6) is 0 Å². The van der Waals surface area contributed by atoms with E-state index >= 15 is 0 Å². The van der Waals surface area contributed by atoms with E-state index in [-0.39, 0.29) is 17.3 Å². The summed E-state index contributed by atoms with van der Waals surface area (Å²) in [5.41, 5.74) is 9.36. The SMILES string of the molecule is CC(C)(C)c1cc2c3cc4c(cc3n3c5cc6c(cc5c(c1)c23)C1CCC(CC1)C6=O)C(=O)C1CCC4CC1. The van der Waals surface area contributed by atoms with Gasteiger partial charge in [0.1, 0.15) is 0 Å². The number of hydrogen-bond acceptors (Lipinski definition) is 2. The fraction of sp³-hybridized carbons (Fsp3) is 0.444. The summed E-state index contributed by atoms with van der Waals surface area (Å²) in [6.45, 7) is 6.90. The van der Waals surface area contributed by atoms with Crippen molar-refractivity contribution in [3.8, 4) is 0 Å². The summed E-state index contributed by atoms with van der Waals surface area (Å²) in [5, 5.41) is 5.11. The van der Waals surface area contributed by atoms with Gasteiger partial charge in [-0.1, -0.05) is 20.8 Å². The van der Waals surface area contributed by atoms with Gasteiger partial charge in [-0.3, -0.25) is 9.59 Å². The highest BCUT2D eigenvalue weighted by Gasteiger charge is 2.38. The van der Waals surface area contributed by atoms with Gasteiger partial charge < -0.3 is 4.40 Å². The van der Waals surface area contributed by atoms with Crippen LogP contribution in [0.1, 0.15) is 121 Å². The Bertz CT molecular complexity index is 1770. The average molecular weight is 514 g/mol. The summed E-state index contributed by atoms with van der Waals surface area (Å²) < 4.78 is 2.41. The number of nitrogens with zero attached hydrogens (tertiary/aromatic N) is 1. The van der Waals surface area contributed by atoms with Crippen LogP contribution in [0.2, 0.25) is 0 Å². The third kappa shape index (κ3) is 2.84. The summed E-state index contributed by atoms with van der Waals surface area (Å²) in [6, 6.07) is 14.0. The number of fused-ring (bicyclic) bond motifs is 10. The molecule has 3 aromatic carbocycles. The molecule has 0 aliphatic heterocycles. The number of ketones is 2. The number of carbonyl (C=O) groups excluding carboxylic acids is 2. The first-order valence-corrected chi connectivity index (χ1v) is 15.2. The topological polar surface area (TPSA) is 38.5 Å². The van der Waals surface area contributed by atoms with Crippen LogP contribution in [-0.2, 0) is 5.41 Å². The number of carbonyl (C=O) groups is 2. The van der Waals surface area contributed by atoms with E-state index in [2.05, 4.69) is 61.6 Å². The molecule has 0 unspecified atom stereocenters. The molecule has 0 spiro atoms. The van der Waals surface area contributed by atoms with Crippen LogP contribution in [-0.4, -0.2) is 16.0 Å². The molecular weight excluding hydrogens is 478 g/mol. The number of hydrogen-bond donors (Lipinski definition) is 0. The predicted molar refractivity (Wildman–Crippen MR) is 158 cm³/mol. The Labute approximate surface area is 228 Å². The van der Waals surface area contributed by atoms with Crippen LogP contribution >= 0.6 is 0 Å². The highest BCUT2D eigenvalue weighted by molar-refractivity contribution is 6.25. The smallest absolute Gasteiger partial charge is 0.166 e. The minimum absolute atomic E-state index is 0.0164. The third-order valence-electron chi connectivity index (χ3n) is 11.2. The maximum atomic E-state index is 13.7. The fourth-order valence-electron chi connectivity index (χ4n) is 8.98. The van der Waals surface area contributed by atoms with Crippen molar-refractivity contribution in [2.24, 2.45) is 11.8 Å². The van der Waals surface area contributed by atoms with E-state index in [1.165, 1.54) is 43.8 Å². The molecule has 196 valence electrons. The van der Waals surface area contributed by atoms with E-state index in [0.717, 1.165) is 73.5 Å². The second-order valence-corrected chi connectivity index (χ2v) is 14.2. The van der Waals surface area contributed by atoms with Gasteiger partial charge in [0.2, 0.25) is 0 Å². The summed E-state index contributed by atoms with van der Waals surface area (Å²) >= 11 is 0. The van der Waals surface area contributed by atoms with Crippen molar-refractivity contribution in [2.45, 2.75) is 89.4 Å². The lowest BCUT2D eigenvalue weighted by molar-refractivity contribution is 0.0891. The van der Waals surface area contributed by atoms with E-state index in [1.54, 1.807) is 0 Å². The lowest BCUT2D eigenvalue weighted by Gasteiger charge is -2.22. The first-order valence-electron chi connectivity index (χ1n) is 15.2. The lowest BCUT2D eigenvalue weighted by atomic mass is 9.82. The first kappa shape index (κ1) is 22.6. The van der Waals surface area contributed by atoms with Gasteiger partial charge in [0.15, 0.2) is 11.6 Å². The molecule has 0 N–H and O–H groups in total. The number of benzene rings is 3. The van der Waals surface area contributed by atoms with Crippen molar-refractivity contribution >= 4 is 49.7 Å². The summed E-state index contributed by atoms with van der Waals surface area (Å²) in [7, 11) is 0. The highest BCUT2D eigenvalue weighted by atomic mass is 16.1. The number of Topliss-reactive ketones (excluding diaryl/α,β-unsaturated/α-hetero) is 2. The largest absolute Gasteiger partial charge is 0.308 e. The Kier molecular flexibility index (Phi) is 4.23. The number of aromatic nitrogens is 1. The summed E-state index contributed by atoms with van der Waals surface area (Å²) in [5.74, 6) is 2.06. The second-order valence-electron chi connectivity index (χ2n) is 14.2. The van der Waals surface area contributed by atoms with Crippen molar-refractivity contribution in [3.63, 3.8) is 0 Å². The molecule has 2 fully saturated rings. The Morgan fingerprint density at radius 2 is 0.974 bits per heavy atom. The first-order chi connectivity index (χ1) is 18.8. The fourth-order valence-corrected chi connectivity index (χ4v) is 8.98. The quantitative estimate of drug-likeness (QED) is 0.207. The standard InChI is InChI=1S/C36H35NO2/c1-36(2,3)22-12-27-25-14-23-18-4-8-20(9-5-18)34(38)29(23)16-31(25)37-32-17-30-24(15-26(32)28(13-22)33(27)37)19-6-10-21(11-7-19)35(30)39/h12-21H,4-11H2,1-3H3. The van der Waals surface area contributed by atoms with Crippen LogP contribution < -0.4 is 0 Å². The number of rotatable bonds is 0. The molecule has 4 bridgehead atoms. The van der Waals surface area contributed by atoms with Crippen molar-refractivity contribution in [3.05, 3.63) is 64.2 Å². The average Bonchev–Trinajstić information content (AvgIpc) is 3.25. The molecule has 0 amide bonds. The minimum atomic E-state index is 0.0164. The van der Waals surface area contributed by atoms with Crippen molar-refractivity contribution in [1.82, 2.24) is 4.40 Å². The van der Waals surface area contributed by atoms with Gasteiger partial charge in [-0.05, 0) is 122 Å². The molecule has 3 nitrogen and oxygen atoms in total. The van der Waals surface area contributed by atoms with Gasteiger partial charge in [-0.15, -0.1) is 0 Å². The molecule has 6 aliphatic rings. The van der Waals surface area contributed by atoms with E-state index in [1.807, 2.05) is 0 Å². The third-order valence-corrected chi connectivity index (χ3v) is 11.2. The molecule has 3 heteroatoms. The van der Waals surface area contributed by atoms with Gasteiger partial charge in [0, 0.05) is 44.5 Å². The van der Waals surface area contributed by atoms with Gasteiger partial charge in [0.05, 0.1) is 16.6 Å². The molecule has 2 aromatic heterocycles. The summed E-state index contributed by atoms with van der Waals surface area (Å²) in [4.78, 5) is 27.4. The Morgan fingerprint density at radius 3 is 1.38 bits per heavy atom. The highest BCUT2D eigenvalue weighted by Crippen LogP contribution is 2.50. The van der Waals surface area contributed by atoms with Crippen LogP contribution in [0, 0.1) is 11.8 Å². The lowest BCUT2D eigenvalue weighted by Crippen LogP contribution is -2.15. The Balaban J connectivity index is 1.46. The molecular formula is C36H35NO2. The molecule has 11 rings (SSSR count). The normalized spacial score (nSPS) is 26.6. The minimum Gasteiger partial charge on any atom is -0.308 e. The molecule has 2 heterocycles. The molecule has 5 aromatic rings. The second kappa shape index (κ2) is 7.30. The zero-order valence-corrected chi connectivity index (χ0v) is 23.2. The van der Waals surface area contributed by atoms with Crippen LogP contribution in [0.25, 0.3) is 38.1 Å². The summed E-state index contributed by atoms with van der Waals surface area (Å²) in [6.07, 6.45) is 8.64. The van der Waals surface area contributed by atoms with Gasteiger partial charge in [-0.25, -0.2) is 0 Å². The molecule has 0 radical (unpaired) electrons. The molecule has 2 saturated carbocycles. The van der Waals surface area contributed by atoms with Crippen molar-refractivity contribution in [1.29, 1.82) is 0 Å². The van der Waals surface area contributed by atoms with Crippen LogP contribution in [0.4, 0.5) is 0 Å². The Hall–Kier alpha value is -3.20. The molecule has 0 atom stereocenters. The van der Waals surface area contributed by atoms with Crippen molar-refractivity contribution in [2.75, 3.05) is 0 Å². The van der Waals surface area contributed by atoms with Crippen LogP contribution in [0.15, 0.2) is 36.4 Å². The van der Waals surface area contributed by atoms with Crippen molar-refractivity contribution < 1.29 is 9.59 Å². The van der Waals surface area contributed by atoms with E-state index < -0.39 is 0 Å². The zero-order chi connectivity index (χ0) is 26.4. The maximum Gasteiger partial charge on any atom is 0.166 e. The Morgan fingerprint density at radius 1 is 0.564 bits per heavy atom. The zero-order valence-electron chi connectivity index (χ0n) is 23.2. The monoisotopic (exact) mass is 513 g/mol. The van der Waals surface area contributed by atoms with E-state index in [4.69, 9.17) is 0 Å². The van der Waals surface area contributed by atoms with Gasteiger partial charge in [0.25, 0.3) is 0 Å². The predicted octanol–water partition coefficient (Wildman–Crippen LogP) is 9.07. The molecule has 6 aliphatic carbocycles. The maximum absolute atomic E-state index is 13.7. The van der Waals surface area contributed by atoms with Crippen LogP contribution in [0.3, 0.4) is 0 Å². The van der Waals surface area contributed by atoms with Gasteiger partial charge >= 0.3 is 0 Å². The van der Waals surface area contributed by atoms with Gasteiger partial charge in [-0.2, -0.15) is 0 Å².